The number of rotatable bonds is 5. The SMILES string of the molecule is CC(C)c1ccc(Nc2cc(C(=O)N(C)C3CCS(=O)(=O)C3)ccn2)cc1. The first-order chi connectivity index (χ1) is 12.7. The molecule has 7 heteroatoms. The number of carbonyl (C=O) groups excluding carboxylic acids is 1. The van der Waals surface area contributed by atoms with Gasteiger partial charge in [-0.1, -0.05) is 26.0 Å². The monoisotopic (exact) mass is 387 g/mol. The van der Waals surface area contributed by atoms with Crippen LogP contribution in [0.1, 0.15) is 42.1 Å². The van der Waals surface area contributed by atoms with Crippen LogP contribution in [0.5, 0.6) is 0 Å². The molecule has 1 fully saturated rings. The highest BCUT2D eigenvalue weighted by atomic mass is 32.2. The summed E-state index contributed by atoms with van der Waals surface area (Å²) in [5, 5.41) is 3.21. The Kier molecular flexibility index (Phi) is 5.51. The fourth-order valence-corrected chi connectivity index (χ4v) is 4.96. The van der Waals surface area contributed by atoms with Crippen molar-refractivity contribution < 1.29 is 13.2 Å². The Labute approximate surface area is 160 Å². The Morgan fingerprint density at radius 2 is 1.93 bits per heavy atom. The van der Waals surface area contributed by atoms with E-state index in [2.05, 4.69) is 36.3 Å². The number of anilines is 2. The summed E-state index contributed by atoms with van der Waals surface area (Å²) in [6, 6.07) is 11.2. The molecule has 0 radical (unpaired) electrons. The molecule has 0 spiro atoms. The van der Waals surface area contributed by atoms with Gasteiger partial charge in [-0.3, -0.25) is 4.79 Å². The molecule has 0 saturated carbocycles. The van der Waals surface area contributed by atoms with Crippen LogP contribution >= 0.6 is 0 Å². The Balaban J connectivity index is 1.72. The van der Waals surface area contributed by atoms with Crippen molar-refractivity contribution in [3.05, 3.63) is 53.7 Å². The van der Waals surface area contributed by atoms with Gasteiger partial charge >= 0.3 is 0 Å². The third-order valence-electron chi connectivity index (χ3n) is 4.93. The minimum atomic E-state index is -3.03. The van der Waals surface area contributed by atoms with Gasteiger partial charge in [0.15, 0.2) is 9.84 Å². The molecule has 1 aliphatic rings. The lowest BCUT2D eigenvalue weighted by Gasteiger charge is -2.23. The van der Waals surface area contributed by atoms with Crippen molar-refractivity contribution in [3.8, 4) is 0 Å². The summed E-state index contributed by atoms with van der Waals surface area (Å²) >= 11 is 0. The molecule has 1 aromatic heterocycles. The van der Waals surface area contributed by atoms with Gasteiger partial charge < -0.3 is 10.2 Å². The zero-order valence-corrected chi connectivity index (χ0v) is 16.7. The molecule has 144 valence electrons. The molecule has 2 heterocycles. The highest BCUT2D eigenvalue weighted by Crippen LogP contribution is 2.22. The van der Waals surface area contributed by atoms with E-state index in [1.807, 2.05) is 12.1 Å². The van der Waals surface area contributed by atoms with Crippen LogP contribution in [0.15, 0.2) is 42.6 Å². The van der Waals surface area contributed by atoms with Crippen molar-refractivity contribution in [2.24, 2.45) is 0 Å². The van der Waals surface area contributed by atoms with Crippen molar-refractivity contribution in [2.45, 2.75) is 32.2 Å². The molecule has 1 aromatic carbocycles. The number of hydrogen-bond acceptors (Lipinski definition) is 5. The van der Waals surface area contributed by atoms with Crippen LogP contribution in [0.3, 0.4) is 0 Å². The Morgan fingerprint density at radius 3 is 2.52 bits per heavy atom. The van der Waals surface area contributed by atoms with Crippen molar-refractivity contribution in [2.75, 3.05) is 23.9 Å². The lowest BCUT2D eigenvalue weighted by atomic mass is 10.0. The van der Waals surface area contributed by atoms with Gasteiger partial charge in [0.2, 0.25) is 0 Å². The Hall–Kier alpha value is -2.41. The average molecular weight is 388 g/mol. The van der Waals surface area contributed by atoms with Crippen LogP contribution in [0.2, 0.25) is 0 Å². The molecule has 27 heavy (non-hydrogen) atoms. The molecular weight excluding hydrogens is 362 g/mol. The molecule has 2 aromatic rings. The topological polar surface area (TPSA) is 79.4 Å². The molecule has 1 unspecified atom stereocenters. The molecule has 0 aliphatic carbocycles. The predicted molar refractivity (Wildman–Crippen MR) is 107 cm³/mol. The molecule has 3 rings (SSSR count). The van der Waals surface area contributed by atoms with Gasteiger partial charge in [-0.25, -0.2) is 13.4 Å². The van der Waals surface area contributed by atoms with Crippen LogP contribution < -0.4 is 5.32 Å². The van der Waals surface area contributed by atoms with E-state index in [0.29, 0.717) is 23.7 Å². The molecule has 1 aliphatic heterocycles. The fraction of sp³-hybridized carbons (Fsp3) is 0.400. The highest BCUT2D eigenvalue weighted by molar-refractivity contribution is 7.91. The van der Waals surface area contributed by atoms with Crippen LogP contribution in [-0.4, -0.2) is 48.8 Å². The van der Waals surface area contributed by atoms with Crippen LogP contribution in [0, 0.1) is 0 Å². The number of benzene rings is 1. The normalized spacial score (nSPS) is 18.4. The maximum atomic E-state index is 12.7. The van der Waals surface area contributed by atoms with Crippen molar-refractivity contribution in [1.29, 1.82) is 0 Å². The summed E-state index contributed by atoms with van der Waals surface area (Å²) < 4.78 is 23.3. The Morgan fingerprint density at radius 1 is 1.22 bits per heavy atom. The minimum Gasteiger partial charge on any atom is -0.340 e. The highest BCUT2D eigenvalue weighted by Gasteiger charge is 2.33. The number of hydrogen-bond donors (Lipinski definition) is 1. The smallest absolute Gasteiger partial charge is 0.254 e. The standard InChI is InChI=1S/C20H25N3O3S/c1-14(2)15-4-6-17(7-5-15)22-19-12-16(8-10-21-19)20(24)23(3)18-9-11-27(25,26)13-18/h4-8,10,12,14,18H,9,11,13H2,1-3H3,(H,21,22). The number of pyridine rings is 1. The summed E-state index contributed by atoms with van der Waals surface area (Å²) in [6.07, 6.45) is 2.07. The Bertz CT molecular complexity index is 924. The third kappa shape index (κ3) is 4.66. The molecule has 6 nitrogen and oxygen atoms in total. The molecule has 1 saturated heterocycles. The van der Waals surface area contributed by atoms with Gasteiger partial charge in [-0.2, -0.15) is 0 Å². The summed E-state index contributed by atoms with van der Waals surface area (Å²) in [5.74, 6) is 1.02. The van der Waals surface area contributed by atoms with E-state index in [0.717, 1.165) is 5.69 Å². The fourth-order valence-electron chi connectivity index (χ4n) is 3.18. The first-order valence-corrected chi connectivity index (χ1v) is 10.9. The van der Waals surface area contributed by atoms with E-state index in [4.69, 9.17) is 0 Å². The van der Waals surface area contributed by atoms with Crippen molar-refractivity contribution in [1.82, 2.24) is 9.88 Å². The van der Waals surface area contributed by atoms with Crippen molar-refractivity contribution in [3.63, 3.8) is 0 Å². The van der Waals surface area contributed by atoms with Crippen LogP contribution in [0.25, 0.3) is 0 Å². The van der Waals surface area contributed by atoms with Gasteiger partial charge in [-0.15, -0.1) is 0 Å². The maximum absolute atomic E-state index is 12.7. The second-order valence-electron chi connectivity index (χ2n) is 7.30. The number of nitrogens with one attached hydrogen (secondary N) is 1. The van der Waals surface area contributed by atoms with Gasteiger partial charge in [0.05, 0.1) is 11.5 Å². The van der Waals surface area contributed by atoms with Crippen molar-refractivity contribution >= 4 is 27.2 Å². The number of nitrogens with zero attached hydrogens (tertiary/aromatic N) is 2. The molecular formula is C20H25N3O3S. The lowest BCUT2D eigenvalue weighted by Crippen LogP contribution is -2.37. The van der Waals surface area contributed by atoms with E-state index in [1.165, 1.54) is 10.5 Å². The third-order valence-corrected chi connectivity index (χ3v) is 6.68. The van der Waals surface area contributed by atoms with E-state index in [9.17, 15) is 13.2 Å². The van der Waals surface area contributed by atoms with Crippen LogP contribution in [0.4, 0.5) is 11.5 Å². The lowest BCUT2D eigenvalue weighted by molar-refractivity contribution is 0.0747. The first kappa shape index (κ1) is 19.4. The van der Waals surface area contributed by atoms with E-state index in [1.54, 1.807) is 25.4 Å². The number of sulfone groups is 1. The second kappa shape index (κ2) is 7.68. The van der Waals surface area contributed by atoms with Gasteiger partial charge in [0.1, 0.15) is 5.82 Å². The van der Waals surface area contributed by atoms with Gasteiger partial charge in [0, 0.05) is 30.5 Å². The summed E-state index contributed by atoms with van der Waals surface area (Å²) in [6.45, 7) is 4.29. The maximum Gasteiger partial charge on any atom is 0.254 e. The quantitative estimate of drug-likeness (QED) is 0.852. The minimum absolute atomic E-state index is 0.0353. The summed E-state index contributed by atoms with van der Waals surface area (Å²) in [4.78, 5) is 18.5. The molecule has 1 amide bonds. The summed E-state index contributed by atoms with van der Waals surface area (Å²) in [7, 11) is -1.37. The summed E-state index contributed by atoms with van der Waals surface area (Å²) in [5.41, 5.74) is 2.63. The number of amides is 1. The van der Waals surface area contributed by atoms with E-state index in [-0.39, 0.29) is 23.5 Å². The molecule has 1 atom stereocenters. The van der Waals surface area contributed by atoms with Gasteiger partial charge in [-0.05, 0) is 42.2 Å². The van der Waals surface area contributed by atoms with E-state index >= 15 is 0 Å². The molecule has 0 bridgehead atoms. The first-order valence-electron chi connectivity index (χ1n) is 9.06. The van der Waals surface area contributed by atoms with Crippen LogP contribution in [-0.2, 0) is 9.84 Å². The number of aromatic nitrogens is 1. The largest absolute Gasteiger partial charge is 0.340 e. The van der Waals surface area contributed by atoms with Gasteiger partial charge in [0.25, 0.3) is 5.91 Å². The number of carbonyl (C=O) groups is 1. The molecule has 1 N–H and O–H groups in total. The predicted octanol–water partition coefficient (Wildman–Crippen LogP) is 3.21. The zero-order valence-electron chi connectivity index (χ0n) is 15.8. The zero-order chi connectivity index (χ0) is 19.6. The second-order valence-corrected chi connectivity index (χ2v) is 9.53. The average Bonchev–Trinajstić information content (AvgIpc) is 3.01. The van der Waals surface area contributed by atoms with E-state index < -0.39 is 9.84 Å².